The van der Waals surface area contributed by atoms with Crippen LogP contribution in [-0.2, 0) is 4.79 Å². The van der Waals surface area contributed by atoms with Crippen LogP contribution in [0.5, 0.6) is 0 Å². The van der Waals surface area contributed by atoms with Crippen molar-refractivity contribution < 1.29 is 4.79 Å². The second-order valence-corrected chi connectivity index (χ2v) is 4.44. The molecule has 0 spiro atoms. The van der Waals surface area contributed by atoms with Gasteiger partial charge in [0.25, 0.3) is 0 Å². The molecular weight excluding hydrogens is 216 g/mol. The third kappa shape index (κ3) is 11.1. The molecular formula is C12H24N4O. The van der Waals surface area contributed by atoms with Gasteiger partial charge in [-0.2, -0.15) is 0 Å². The summed E-state index contributed by atoms with van der Waals surface area (Å²) in [6.45, 7) is 2.20. The molecule has 5 heteroatoms. The van der Waals surface area contributed by atoms with Gasteiger partial charge in [0, 0.05) is 17.4 Å². The van der Waals surface area contributed by atoms with Gasteiger partial charge in [0.2, 0.25) is 5.91 Å². The molecule has 0 fully saturated rings. The number of rotatable bonds is 11. The van der Waals surface area contributed by atoms with Crippen molar-refractivity contribution in [1.29, 1.82) is 0 Å². The van der Waals surface area contributed by atoms with Gasteiger partial charge in [0.05, 0.1) is 0 Å². The zero-order valence-corrected chi connectivity index (χ0v) is 10.8. The quantitative estimate of drug-likeness (QED) is 0.254. The number of carbonyl (C=O) groups excluding carboxylic acids is 1. The van der Waals surface area contributed by atoms with Crippen LogP contribution in [0, 0.1) is 0 Å². The lowest BCUT2D eigenvalue weighted by Crippen LogP contribution is -2.18. The van der Waals surface area contributed by atoms with E-state index < -0.39 is 5.91 Å². The fourth-order valence-electron chi connectivity index (χ4n) is 1.84. The van der Waals surface area contributed by atoms with Crippen LogP contribution in [-0.4, -0.2) is 11.9 Å². The molecule has 98 valence electrons. The van der Waals surface area contributed by atoms with Crippen molar-refractivity contribution in [1.82, 2.24) is 0 Å². The van der Waals surface area contributed by atoms with Gasteiger partial charge in [-0.25, -0.2) is 0 Å². The van der Waals surface area contributed by atoms with Gasteiger partial charge in [-0.05, 0) is 12.0 Å². The SMILES string of the molecule is CCCCCCCCCC(CC(N)=O)N=[N+]=[N-]. The molecule has 0 radical (unpaired) electrons. The van der Waals surface area contributed by atoms with Crippen LogP contribution in [0.3, 0.4) is 0 Å². The topological polar surface area (TPSA) is 91.9 Å². The summed E-state index contributed by atoms with van der Waals surface area (Å²) >= 11 is 0. The maximum Gasteiger partial charge on any atom is 0.217 e. The molecule has 17 heavy (non-hydrogen) atoms. The first-order valence-corrected chi connectivity index (χ1v) is 6.53. The predicted molar refractivity (Wildman–Crippen MR) is 69.4 cm³/mol. The molecule has 0 aliphatic carbocycles. The summed E-state index contributed by atoms with van der Waals surface area (Å²) in [5, 5.41) is 3.59. The maximum absolute atomic E-state index is 10.7. The van der Waals surface area contributed by atoms with Gasteiger partial charge < -0.3 is 5.73 Å². The van der Waals surface area contributed by atoms with E-state index in [-0.39, 0.29) is 12.5 Å². The lowest BCUT2D eigenvalue weighted by Gasteiger charge is -2.08. The second kappa shape index (κ2) is 11.3. The number of nitrogens with zero attached hydrogens (tertiary/aromatic N) is 3. The minimum absolute atomic E-state index is 0.167. The molecule has 1 atom stereocenters. The van der Waals surface area contributed by atoms with Crippen molar-refractivity contribution in [2.24, 2.45) is 10.8 Å². The Morgan fingerprint density at radius 3 is 2.35 bits per heavy atom. The van der Waals surface area contributed by atoms with Gasteiger partial charge in [-0.15, -0.1) is 0 Å². The molecule has 0 saturated carbocycles. The van der Waals surface area contributed by atoms with Crippen molar-refractivity contribution in [3.63, 3.8) is 0 Å². The Morgan fingerprint density at radius 1 is 1.24 bits per heavy atom. The third-order valence-corrected chi connectivity index (χ3v) is 2.79. The van der Waals surface area contributed by atoms with Gasteiger partial charge >= 0.3 is 0 Å². The molecule has 0 saturated heterocycles. The monoisotopic (exact) mass is 240 g/mol. The number of unbranched alkanes of at least 4 members (excludes halogenated alkanes) is 6. The number of carbonyl (C=O) groups is 1. The summed E-state index contributed by atoms with van der Waals surface area (Å²) in [5.41, 5.74) is 13.4. The minimum atomic E-state index is -0.398. The molecule has 0 aliphatic heterocycles. The van der Waals surface area contributed by atoms with Crippen LogP contribution in [0.1, 0.15) is 64.7 Å². The highest BCUT2D eigenvalue weighted by Gasteiger charge is 2.09. The first kappa shape index (κ1) is 15.8. The first-order chi connectivity index (χ1) is 8.20. The normalized spacial score (nSPS) is 11.8. The molecule has 0 bridgehead atoms. The molecule has 0 aromatic heterocycles. The summed E-state index contributed by atoms with van der Waals surface area (Å²) in [6.07, 6.45) is 9.44. The Bertz CT molecular complexity index is 249. The number of nitrogens with two attached hydrogens (primary N) is 1. The number of primary amides is 1. The molecule has 0 aromatic carbocycles. The fourth-order valence-corrected chi connectivity index (χ4v) is 1.84. The van der Waals surface area contributed by atoms with E-state index in [2.05, 4.69) is 16.9 Å². The molecule has 1 amide bonds. The van der Waals surface area contributed by atoms with E-state index in [1.807, 2.05) is 0 Å². The van der Waals surface area contributed by atoms with Gasteiger partial charge in [-0.1, -0.05) is 57.0 Å². The summed E-state index contributed by atoms with van der Waals surface area (Å²) in [4.78, 5) is 13.5. The summed E-state index contributed by atoms with van der Waals surface area (Å²) < 4.78 is 0. The highest BCUT2D eigenvalue weighted by atomic mass is 16.1. The van der Waals surface area contributed by atoms with E-state index in [4.69, 9.17) is 11.3 Å². The Labute approximate surface area is 103 Å². The van der Waals surface area contributed by atoms with Crippen LogP contribution in [0.25, 0.3) is 10.4 Å². The van der Waals surface area contributed by atoms with Crippen molar-refractivity contribution >= 4 is 5.91 Å². The van der Waals surface area contributed by atoms with Crippen LogP contribution in [0.4, 0.5) is 0 Å². The van der Waals surface area contributed by atoms with Gasteiger partial charge in [0.15, 0.2) is 0 Å². The van der Waals surface area contributed by atoms with E-state index in [1.54, 1.807) is 0 Å². The molecule has 0 aliphatic rings. The highest BCUT2D eigenvalue weighted by molar-refractivity contribution is 5.74. The second-order valence-electron chi connectivity index (χ2n) is 4.44. The molecule has 2 N–H and O–H groups in total. The lowest BCUT2D eigenvalue weighted by atomic mass is 10.0. The number of amides is 1. The minimum Gasteiger partial charge on any atom is -0.370 e. The Hall–Kier alpha value is -1.22. The third-order valence-electron chi connectivity index (χ3n) is 2.79. The molecule has 0 aromatic rings. The predicted octanol–water partition coefficient (Wildman–Crippen LogP) is 3.68. The fraction of sp³-hybridized carbons (Fsp3) is 0.917. The average molecular weight is 240 g/mol. The van der Waals surface area contributed by atoms with Crippen LogP contribution in [0.2, 0.25) is 0 Å². The van der Waals surface area contributed by atoms with E-state index in [0.717, 1.165) is 19.3 Å². The zero-order chi connectivity index (χ0) is 12.9. The van der Waals surface area contributed by atoms with Crippen LogP contribution in [0.15, 0.2) is 5.11 Å². The molecule has 5 nitrogen and oxygen atoms in total. The number of hydrogen-bond donors (Lipinski definition) is 1. The first-order valence-electron chi connectivity index (χ1n) is 6.53. The summed E-state index contributed by atoms with van der Waals surface area (Å²) in [7, 11) is 0. The molecule has 0 heterocycles. The molecule has 0 rings (SSSR count). The van der Waals surface area contributed by atoms with Crippen LogP contribution >= 0.6 is 0 Å². The van der Waals surface area contributed by atoms with Crippen LogP contribution < -0.4 is 5.73 Å². The van der Waals surface area contributed by atoms with E-state index in [9.17, 15) is 4.79 Å². The Kier molecular flexibility index (Phi) is 10.5. The van der Waals surface area contributed by atoms with E-state index in [0.29, 0.717) is 0 Å². The summed E-state index contributed by atoms with van der Waals surface area (Å²) in [6, 6.07) is -0.256. The number of hydrogen-bond acceptors (Lipinski definition) is 2. The van der Waals surface area contributed by atoms with E-state index in [1.165, 1.54) is 32.1 Å². The Balaban J connectivity index is 3.54. The van der Waals surface area contributed by atoms with E-state index >= 15 is 0 Å². The summed E-state index contributed by atoms with van der Waals surface area (Å²) in [5.74, 6) is -0.398. The smallest absolute Gasteiger partial charge is 0.217 e. The average Bonchev–Trinajstić information content (AvgIpc) is 2.27. The lowest BCUT2D eigenvalue weighted by molar-refractivity contribution is -0.118. The zero-order valence-electron chi connectivity index (χ0n) is 10.8. The van der Waals surface area contributed by atoms with Crippen molar-refractivity contribution in [3.05, 3.63) is 10.4 Å². The van der Waals surface area contributed by atoms with Crippen molar-refractivity contribution in [3.8, 4) is 0 Å². The largest absolute Gasteiger partial charge is 0.370 e. The van der Waals surface area contributed by atoms with Gasteiger partial charge in [0.1, 0.15) is 0 Å². The number of azide groups is 1. The highest BCUT2D eigenvalue weighted by Crippen LogP contribution is 2.13. The standard InChI is InChI=1S/C12H24N4O/c1-2-3-4-5-6-7-8-9-11(15-16-14)10-12(13)17/h11H,2-10H2,1H3,(H2,13,17). The van der Waals surface area contributed by atoms with Gasteiger partial charge in [-0.3, -0.25) is 4.79 Å². The maximum atomic E-state index is 10.7. The van der Waals surface area contributed by atoms with Crippen molar-refractivity contribution in [2.75, 3.05) is 0 Å². The van der Waals surface area contributed by atoms with Crippen molar-refractivity contribution in [2.45, 2.75) is 70.8 Å². The molecule has 1 unspecified atom stereocenters. The Morgan fingerprint density at radius 2 is 1.82 bits per heavy atom.